The van der Waals surface area contributed by atoms with Crippen LogP contribution in [0.15, 0.2) is 107 Å². The predicted molar refractivity (Wildman–Crippen MR) is 107 cm³/mol. The van der Waals surface area contributed by atoms with Crippen molar-refractivity contribution < 1.29 is 31.7 Å². The third kappa shape index (κ3) is 10.2. The summed E-state index contributed by atoms with van der Waals surface area (Å²) in [5.41, 5.74) is 0.743. The van der Waals surface area contributed by atoms with Crippen molar-refractivity contribution in [3.8, 4) is 0 Å². The molecule has 0 aliphatic rings. The van der Waals surface area contributed by atoms with Crippen LogP contribution in [0, 0.1) is 31.2 Å². The molecule has 3 aromatic rings. The summed E-state index contributed by atoms with van der Waals surface area (Å²) in [5.74, 6) is 0. The van der Waals surface area contributed by atoms with Gasteiger partial charge in [-0.25, -0.2) is 0 Å². The van der Waals surface area contributed by atoms with Crippen molar-refractivity contribution in [1.29, 1.82) is 0 Å². The fraction of sp³-hybridized carbons (Fsp3) is 0. The van der Waals surface area contributed by atoms with Crippen molar-refractivity contribution in [2.45, 2.75) is 0 Å². The zero-order chi connectivity index (χ0) is 22.2. The fourth-order valence-electron chi connectivity index (χ4n) is 1.81. The molecule has 0 aliphatic carbocycles. The molecular weight excluding hydrogens is 452 g/mol. The maximum Gasteiger partial charge on any atom is 3.00 e. The van der Waals surface area contributed by atoms with E-state index in [2.05, 4.69) is 15.8 Å². The molecule has 161 valence electrons. The third-order valence-corrected chi connectivity index (χ3v) is 3.15. The van der Waals surface area contributed by atoms with Crippen LogP contribution in [0.5, 0.6) is 0 Å². The first kappa shape index (κ1) is 26.8. The first-order valence-corrected chi connectivity index (χ1v) is 8.10. The molecule has 0 aromatic heterocycles. The van der Waals surface area contributed by atoms with Gasteiger partial charge in [0.15, 0.2) is 0 Å². The van der Waals surface area contributed by atoms with Gasteiger partial charge in [-0.3, -0.25) is 0 Å². The molecule has 1 radical (unpaired) electrons. The molecule has 0 bridgehead atoms. The molecular formula is C18H15FeN6O6. The molecule has 12 nitrogen and oxygen atoms in total. The van der Waals surface area contributed by atoms with E-state index in [0.29, 0.717) is 0 Å². The summed E-state index contributed by atoms with van der Waals surface area (Å²) in [5, 5.41) is 66.9. The van der Waals surface area contributed by atoms with Gasteiger partial charge in [0, 0.05) is 36.4 Å². The topological polar surface area (TPSA) is 184 Å². The van der Waals surface area contributed by atoms with Gasteiger partial charge in [0.25, 0.3) is 0 Å². The Bertz CT molecular complexity index is 832. The Labute approximate surface area is 187 Å². The van der Waals surface area contributed by atoms with Crippen LogP contribution in [0.3, 0.4) is 0 Å². The molecule has 0 N–H and O–H groups in total. The summed E-state index contributed by atoms with van der Waals surface area (Å²) >= 11 is 0. The van der Waals surface area contributed by atoms with Gasteiger partial charge in [-0.2, -0.15) is 0 Å². The maximum atomic E-state index is 10.5. The fourth-order valence-corrected chi connectivity index (χ4v) is 1.81. The Morgan fingerprint density at radius 2 is 0.613 bits per heavy atom. The van der Waals surface area contributed by atoms with E-state index in [9.17, 15) is 31.2 Å². The summed E-state index contributed by atoms with van der Waals surface area (Å²) < 4.78 is 0. The molecule has 0 aliphatic heterocycles. The summed E-state index contributed by atoms with van der Waals surface area (Å²) in [6, 6.07) is 24.3. The largest absolute Gasteiger partial charge is 3.00 e. The minimum absolute atomic E-state index is 0. The van der Waals surface area contributed by atoms with E-state index in [-0.39, 0.29) is 48.7 Å². The molecule has 3 aromatic carbocycles. The number of hydrogen-bond donors (Lipinski definition) is 0. The Kier molecular flexibility index (Phi) is 13.5. The van der Waals surface area contributed by atoms with Gasteiger partial charge in [0.1, 0.15) is 0 Å². The second-order valence-corrected chi connectivity index (χ2v) is 5.07. The predicted octanol–water partition coefficient (Wildman–Crippen LogP) is 5.33. The number of para-hydroxylation sites is 3. The molecule has 3 rings (SSSR count). The summed E-state index contributed by atoms with van der Waals surface area (Å²) in [7, 11) is 0. The van der Waals surface area contributed by atoms with Crippen LogP contribution in [-0.4, -0.2) is 14.6 Å². The van der Waals surface area contributed by atoms with Crippen molar-refractivity contribution >= 4 is 17.1 Å². The molecule has 31 heavy (non-hydrogen) atoms. The average Bonchev–Trinajstić information content (AvgIpc) is 2.85. The minimum atomic E-state index is 0. The molecule has 0 unspecified atom stereocenters. The van der Waals surface area contributed by atoms with Crippen molar-refractivity contribution in [1.82, 2.24) is 0 Å². The quantitative estimate of drug-likeness (QED) is 0.217. The monoisotopic (exact) mass is 467 g/mol. The Morgan fingerprint density at radius 3 is 0.774 bits per heavy atom. The molecule has 0 saturated heterocycles. The molecule has 0 spiro atoms. The zero-order valence-corrected chi connectivity index (χ0v) is 16.8. The normalized spacial score (nSPS) is 11.0. The van der Waals surface area contributed by atoms with Gasteiger partial charge >= 0.3 is 17.1 Å². The van der Waals surface area contributed by atoms with Crippen molar-refractivity contribution in [3.05, 3.63) is 122 Å². The van der Waals surface area contributed by atoms with E-state index in [0.717, 1.165) is 0 Å². The van der Waals surface area contributed by atoms with Crippen LogP contribution in [-0.2, 0) is 17.1 Å². The van der Waals surface area contributed by atoms with Crippen LogP contribution < -0.4 is 0 Å². The van der Waals surface area contributed by atoms with Gasteiger partial charge in [0.2, 0.25) is 17.1 Å². The van der Waals surface area contributed by atoms with E-state index in [1.165, 1.54) is 36.4 Å². The Balaban J connectivity index is 0.000000429. The van der Waals surface area contributed by atoms with Crippen LogP contribution in [0.25, 0.3) is 0 Å². The van der Waals surface area contributed by atoms with E-state index in [4.69, 9.17) is 0 Å². The third-order valence-electron chi connectivity index (χ3n) is 3.15. The number of rotatable bonds is 3. The Hall–Kier alpha value is -4.22. The minimum Gasteiger partial charge on any atom is -0.739 e. The summed E-state index contributed by atoms with van der Waals surface area (Å²) in [6.45, 7) is 0. The van der Waals surface area contributed by atoms with E-state index in [1.54, 1.807) is 54.6 Å². The van der Waals surface area contributed by atoms with Crippen LogP contribution in [0.4, 0.5) is 17.1 Å². The zero-order valence-electron chi connectivity index (χ0n) is 15.6. The first-order chi connectivity index (χ1) is 14.5. The Morgan fingerprint density at radius 1 is 0.419 bits per heavy atom. The van der Waals surface area contributed by atoms with Gasteiger partial charge in [-0.05, 0) is 15.8 Å². The van der Waals surface area contributed by atoms with Gasteiger partial charge in [0.05, 0.1) is 0 Å². The van der Waals surface area contributed by atoms with Crippen LogP contribution >= 0.6 is 0 Å². The molecule has 13 heteroatoms. The van der Waals surface area contributed by atoms with Gasteiger partial charge < -0.3 is 31.2 Å². The molecule has 0 atom stereocenters. The van der Waals surface area contributed by atoms with Crippen molar-refractivity contribution in [2.75, 3.05) is 0 Å². The second kappa shape index (κ2) is 15.7. The van der Waals surface area contributed by atoms with Crippen LogP contribution in [0.1, 0.15) is 0 Å². The second-order valence-electron chi connectivity index (χ2n) is 5.07. The molecule has 0 fully saturated rings. The number of benzene rings is 3. The summed E-state index contributed by atoms with van der Waals surface area (Å²) in [6.07, 6.45) is 0. The van der Waals surface area contributed by atoms with Gasteiger partial charge in [-0.15, -0.1) is 0 Å². The molecule has 0 saturated carbocycles. The smallest absolute Gasteiger partial charge is 0.739 e. The molecule has 0 amide bonds. The average molecular weight is 467 g/mol. The maximum absolute atomic E-state index is 10.5. The standard InChI is InChI=1S/3C6H6N2O2.Fe/c3*9-7-8(10)6-4-2-1-3-5-6;/h3*1-5,9H;/q;;;+3/p-3/b3*8-7+;. The van der Waals surface area contributed by atoms with Crippen molar-refractivity contribution in [3.63, 3.8) is 0 Å². The van der Waals surface area contributed by atoms with Crippen molar-refractivity contribution in [2.24, 2.45) is 15.8 Å². The number of hydrogen-bond acceptors (Lipinski definition) is 9. The summed E-state index contributed by atoms with van der Waals surface area (Å²) in [4.78, 5) is 0.0833. The van der Waals surface area contributed by atoms with E-state index < -0.39 is 0 Å². The van der Waals surface area contributed by atoms with E-state index in [1.807, 2.05) is 0 Å². The van der Waals surface area contributed by atoms with E-state index >= 15 is 0 Å². The molecule has 0 heterocycles. The number of nitrogens with zero attached hydrogens (tertiary/aromatic N) is 6. The first-order valence-electron chi connectivity index (χ1n) is 8.10. The van der Waals surface area contributed by atoms with Gasteiger partial charge in [-0.1, -0.05) is 69.2 Å². The SMILES string of the molecule is [Fe+3].[O-]/N=[N+](/[O-])c1ccccc1.[O-]/N=[N+](/[O-])c1ccccc1.[O-]/N=[N+](/[O-])c1ccccc1. The van der Waals surface area contributed by atoms with Crippen LogP contribution in [0.2, 0.25) is 0 Å².